The summed E-state index contributed by atoms with van der Waals surface area (Å²) >= 11 is 0. The van der Waals surface area contributed by atoms with Crippen LogP contribution in [0.4, 0.5) is 0 Å². The molecule has 0 spiro atoms. The minimum Gasteiger partial charge on any atom is -0.493 e. The van der Waals surface area contributed by atoms with Crippen molar-refractivity contribution >= 4 is 29.9 Å². The van der Waals surface area contributed by atoms with E-state index in [4.69, 9.17) is 15.2 Å². The Hall–Kier alpha value is -1.18. The molecule has 0 fully saturated rings. The van der Waals surface area contributed by atoms with Gasteiger partial charge in [0.25, 0.3) is 0 Å². The van der Waals surface area contributed by atoms with Gasteiger partial charge < -0.3 is 20.5 Å². The Bertz CT molecular complexity index is 499. The van der Waals surface area contributed by atoms with Crippen LogP contribution in [0, 0.1) is 5.41 Å². The highest BCUT2D eigenvalue weighted by Crippen LogP contribution is 2.27. The molecule has 0 aromatic heterocycles. The fourth-order valence-corrected chi connectivity index (χ4v) is 2.05. The number of hydrogen-bond acceptors (Lipinski definition) is 3. The highest BCUT2D eigenvalue weighted by atomic mass is 127. The maximum absolute atomic E-state index is 5.88. The number of rotatable bonds is 7. The molecule has 0 aliphatic carbocycles. The molecular formula is C17H30IN3O2. The molecule has 1 rings (SSSR count). The van der Waals surface area contributed by atoms with Crippen molar-refractivity contribution in [1.82, 2.24) is 5.32 Å². The maximum atomic E-state index is 5.88. The minimum absolute atomic E-state index is 0. The molecule has 0 heterocycles. The minimum atomic E-state index is 0. The van der Waals surface area contributed by atoms with E-state index in [1.165, 1.54) is 0 Å². The summed E-state index contributed by atoms with van der Waals surface area (Å²) in [5, 5.41) is 3.15. The van der Waals surface area contributed by atoms with E-state index in [0.717, 1.165) is 24.9 Å². The average molecular weight is 435 g/mol. The molecule has 0 atom stereocenters. The van der Waals surface area contributed by atoms with E-state index >= 15 is 0 Å². The predicted octanol–water partition coefficient (Wildman–Crippen LogP) is 3.55. The van der Waals surface area contributed by atoms with E-state index in [1.807, 2.05) is 18.2 Å². The molecular weight excluding hydrogens is 405 g/mol. The quantitative estimate of drug-likeness (QED) is 0.298. The van der Waals surface area contributed by atoms with Crippen molar-refractivity contribution < 1.29 is 9.47 Å². The first-order valence-electron chi connectivity index (χ1n) is 7.60. The number of nitrogens with zero attached hydrogens (tertiary/aromatic N) is 1. The summed E-state index contributed by atoms with van der Waals surface area (Å²) in [7, 11) is 3.24. The molecule has 0 saturated heterocycles. The van der Waals surface area contributed by atoms with Crippen LogP contribution in [0.1, 0.15) is 39.2 Å². The molecule has 0 aliphatic rings. The first-order valence-corrected chi connectivity index (χ1v) is 7.60. The molecule has 5 nitrogen and oxygen atoms in total. The molecule has 0 unspecified atom stereocenters. The molecule has 0 saturated carbocycles. The SMILES string of the molecule is COc1ccc(CN=C(N)NCCCC(C)(C)C)cc1OC.I. The van der Waals surface area contributed by atoms with Crippen LogP contribution in [0.2, 0.25) is 0 Å². The zero-order valence-corrected chi connectivity index (χ0v) is 17.1. The zero-order valence-electron chi connectivity index (χ0n) is 14.8. The van der Waals surface area contributed by atoms with E-state index in [1.54, 1.807) is 14.2 Å². The maximum Gasteiger partial charge on any atom is 0.188 e. The zero-order chi connectivity index (χ0) is 16.6. The van der Waals surface area contributed by atoms with Crippen molar-refractivity contribution in [2.75, 3.05) is 20.8 Å². The molecule has 23 heavy (non-hydrogen) atoms. The van der Waals surface area contributed by atoms with Gasteiger partial charge in [-0.05, 0) is 36.0 Å². The Balaban J connectivity index is 0.00000484. The number of ether oxygens (including phenoxy) is 2. The lowest BCUT2D eigenvalue weighted by Crippen LogP contribution is -2.32. The van der Waals surface area contributed by atoms with Crippen molar-refractivity contribution in [3.63, 3.8) is 0 Å². The standard InChI is InChI=1S/C17H29N3O2.HI/c1-17(2,3)9-6-10-19-16(18)20-12-13-7-8-14(21-4)15(11-13)22-5;/h7-8,11H,6,9-10,12H2,1-5H3,(H3,18,19,20);1H. The first kappa shape index (κ1) is 21.8. The summed E-state index contributed by atoms with van der Waals surface area (Å²) in [6.45, 7) is 8.07. The Morgan fingerprint density at radius 3 is 2.39 bits per heavy atom. The summed E-state index contributed by atoms with van der Waals surface area (Å²) in [5.74, 6) is 1.89. The summed E-state index contributed by atoms with van der Waals surface area (Å²) < 4.78 is 10.5. The largest absolute Gasteiger partial charge is 0.493 e. The lowest BCUT2D eigenvalue weighted by atomic mass is 9.91. The number of aliphatic imine (C=N–C) groups is 1. The van der Waals surface area contributed by atoms with Crippen molar-refractivity contribution in [2.45, 2.75) is 40.2 Å². The second-order valence-corrected chi connectivity index (χ2v) is 6.48. The monoisotopic (exact) mass is 435 g/mol. The molecule has 0 bridgehead atoms. The van der Waals surface area contributed by atoms with Gasteiger partial charge in [-0.15, -0.1) is 24.0 Å². The van der Waals surface area contributed by atoms with Crippen LogP contribution in [0.3, 0.4) is 0 Å². The van der Waals surface area contributed by atoms with Crippen molar-refractivity contribution in [2.24, 2.45) is 16.1 Å². The van der Waals surface area contributed by atoms with Gasteiger partial charge in [0.05, 0.1) is 20.8 Å². The van der Waals surface area contributed by atoms with Crippen molar-refractivity contribution in [3.8, 4) is 11.5 Å². The van der Waals surface area contributed by atoms with Gasteiger partial charge in [-0.3, -0.25) is 0 Å². The Labute approximate surface area is 157 Å². The number of halogens is 1. The van der Waals surface area contributed by atoms with Crippen LogP contribution in [0.15, 0.2) is 23.2 Å². The lowest BCUT2D eigenvalue weighted by Gasteiger charge is -2.17. The van der Waals surface area contributed by atoms with Crippen LogP contribution in [-0.2, 0) is 6.54 Å². The summed E-state index contributed by atoms with van der Waals surface area (Å²) in [4.78, 5) is 4.35. The highest BCUT2D eigenvalue weighted by Gasteiger charge is 2.09. The topological polar surface area (TPSA) is 68.9 Å². The fraction of sp³-hybridized carbons (Fsp3) is 0.588. The third kappa shape index (κ3) is 8.88. The molecule has 132 valence electrons. The van der Waals surface area contributed by atoms with E-state index in [-0.39, 0.29) is 24.0 Å². The van der Waals surface area contributed by atoms with E-state index in [0.29, 0.717) is 29.4 Å². The van der Waals surface area contributed by atoms with E-state index in [9.17, 15) is 0 Å². The third-order valence-corrected chi connectivity index (χ3v) is 3.29. The molecule has 1 aromatic carbocycles. The smallest absolute Gasteiger partial charge is 0.188 e. The van der Waals surface area contributed by atoms with Gasteiger partial charge in [0.15, 0.2) is 17.5 Å². The summed E-state index contributed by atoms with van der Waals surface area (Å²) in [5.41, 5.74) is 7.26. The molecule has 0 radical (unpaired) electrons. The summed E-state index contributed by atoms with van der Waals surface area (Å²) in [6, 6.07) is 5.74. The van der Waals surface area contributed by atoms with Gasteiger partial charge in [0.2, 0.25) is 0 Å². The van der Waals surface area contributed by atoms with Crippen LogP contribution in [-0.4, -0.2) is 26.7 Å². The van der Waals surface area contributed by atoms with Crippen LogP contribution >= 0.6 is 24.0 Å². The number of benzene rings is 1. The van der Waals surface area contributed by atoms with Crippen LogP contribution in [0.5, 0.6) is 11.5 Å². The van der Waals surface area contributed by atoms with Gasteiger partial charge in [-0.2, -0.15) is 0 Å². The molecule has 6 heteroatoms. The number of methoxy groups -OCH3 is 2. The third-order valence-electron chi connectivity index (χ3n) is 3.29. The Kier molecular flexibility index (Phi) is 10.0. The Morgan fingerprint density at radius 1 is 1.17 bits per heavy atom. The van der Waals surface area contributed by atoms with Gasteiger partial charge in [-0.25, -0.2) is 4.99 Å². The number of nitrogens with two attached hydrogens (primary N) is 1. The average Bonchev–Trinajstić information content (AvgIpc) is 2.48. The number of guanidine groups is 1. The second-order valence-electron chi connectivity index (χ2n) is 6.48. The fourth-order valence-electron chi connectivity index (χ4n) is 2.05. The molecule has 1 aromatic rings. The number of nitrogens with one attached hydrogen (secondary N) is 1. The van der Waals surface area contributed by atoms with Gasteiger partial charge in [0, 0.05) is 6.54 Å². The molecule has 0 aliphatic heterocycles. The lowest BCUT2D eigenvalue weighted by molar-refractivity contribution is 0.354. The van der Waals surface area contributed by atoms with Gasteiger partial charge >= 0.3 is 0 Å². The predicted molar refractivity (Wildman–Crippen MR) is 107 cm³/mol. The summed E-state index contributed by atoms with van der Waals surface area (Å²) in [6.07, 6.45) is 2.24. The van der Waals surface area contributed by atoms with Gasteiger partial charge in [-0.1, -0.05) is 26.8 Å². The second kappa shape index (κ2) is 10.6. The van der Waals surface area contributed by atoms with Crippen molar-refractivity contribution in [3.05, 3.63) is 23.8 Å². The first-order chi connectivity index (χ1) is 10.4. The van der Waals surface area contributed by atoms with Crippen LogP contribution < -0.4 is 20.5 Å². The van der Waals surface area contributed by atoms with Crippen molar-refractivity contribution in [1.29, 1.82) is 0 Å². The van der Waals surface area contributed by atoms with Crippen LogP contribution in [0.25, 0.3) is 0 Å². The number of hydrogen-bond donors (Lipinski definition) is 2. The normalized spacial score (nSPS) is 11.6. The highest BCUT2D eigenvalue weighted by molar-refractivity contribution is 14.0. The van der Waals surface area contributed by atoms with E-state index < -0.39 is 0 Å². The Morgan fingerprint density at radius 2 is 1.83 bits per heavy atom. The molecule has 3 N–H and O–H groups in total. The van der Waals surface area contributed by atoms with Gasteiger partial charge in [0.1, 0.15) is 0 Å². The molecule has 0 amide bonds. The van der Waals surface area contributed by atoms with E-state index in [2.05, 4.69) is 31.1 Å².